The Labute approximate surface area is 120 Å². The highest BCUT2D eigenvalue weighted by Gasteiger charge is 2.15. The van der Waals surface area contributed by atoms with Gasteiger partial charge in [0.15, 0.2) is 6.61 Å². The number of nitrogens with zero attached hydrogens (tertiary/aromatic N) is 1. The third-order valence-electron chi connectivity index (χ3n) is 3.24. The van der Waals surface area contributed by atoms with Gasteiger partial charge in [0, 0.05) is 23.0 Å². The minimum Gasteiger partial charge on any atom is -0.478 e. The van der Waals surface area contributed by atoms with Gasteiger partial charge in [0.05, 0.1) is 0 Å². The first-order valence-electron chi connectivity index (χ1n) is 6.91. The van der Waals surface area contributed by atoms with Crippen LogP contribution in [0.1, 0.15) is 32.4 Å². The molecule has 3 heteroatoms. The molecule has 1 unspecified atom stereocenters. The quantitative estimate of drug-likeness (QED) is 0.897. The van der Waals surface area contributed by atoms with E-state index in [0.717, 1.165) is 22.1 Å². The lowest BCUT2D eigenvalue weighted by Gasteiger charge is -2.21. The fraction of sp³-hybridized carbons (Fsp3) is 0.353. The van der Waals surface area contributed by atoms with Crippen LogP contribution >= 0.6 is 0 Å². The second kappa shape index (κ2) is 6.40. The SMILES string of the molecule is CC(C)NC(C)c1ccc2ccccc2c1OCC#N. The summed E-state index contributed by atoms with van der Waals surface area (Å²) in [5, 5.41) is 14.4. The van der Waals surface area contributed by atoms with Crippen LogP contribution in [0.2, 0.25) is 0 Å². The summed E-state index contributed by atoms with van der Waals surface area (Å²) < 4.78 is 5.70. The Morgan fingerprint density at radius 1 is 1.15 bits per heavy atom. The molecule has 0 heterocycles. The molecule has 0 aliphatic rings. The van der Waals surface area contributed by atoms with Crippen molar-refractivity contribution in [3.8, 4) is 11.8 Å². The van der Waals surface area contributed by atoms with Gasteiger partial charge in [0.1, 0.15) is 11.8 Å². The molecule has 0 radical (unpaired) electrons. The van der Waals surface area contributed by atoms with Gasteiger partial charge < -0.3 is 10.1 Å². The molecule has 0 aliphatic carbocycles. The molecular formula is C17H20N2O. The van der Waals surface area contributed by atoms with E-state index in [2.05, 4.69) is 44.3 Å². The van der Waals surface area contributed by atoms with E-state index in [1.54, 1.807) is 0 Å². The molecule has 20 heavy (non-hydrogen) atoms. The van der Waals surface area contributed by atoms with E-state index in [9.17, 15) is 0 Å². The van der Waals surface area contributed by atoms with E-state index in [1.807, 2.05) is 24.3 Å². The Kier molecular flexibility index (Phi) is 4.60. The third kappa shape index (κ3) is 3.09. The van der Waals surface area contributed by atoms with Crippen molar-refractivity contribution in [1.29, 1.82) is 5.26 Å². The number of fused-ring (bicyclic) bond motifs is 1. The van der Waals surface area contributed by atoms with E-state index >= 15 is 0 Å². The predicted octanol–water partition coefficient (Wildman–Crippen LogP) is 3.80. The first-order chi connectivity index (χ1) is 9.63. The van der Waals surface area contributed by atoms with Crippen molar-refractivity contribution in [2.75, 3.05) is 6.61 Å². The van der Waals surface area contributed by atoms with Crippen LogP contribution in [0.15, 0.2) is 36.4 Å². The van der Waals surface area contributed by atoms with Gasteiger partial charge in [-0.3, -0.25) is 0 Å². The maximum absolute atomic E-state index is 8.78. The molecule has 1 atom stereocenters. The highest BCUT2D eigenvalue weighted by atomic mass is 16.5. The van der Waals surface area contributed by atoms with Crippen molar-refractivity contribution in [1.82, 2.24) is 5.32 Å². The Bertz CT molecular complexity index is 628. The molecule has 2 aromatic rings. The lowest BCUT2D eigenvalue weighted by atomic mass is 10.0. The molecular weight excluding hydrogens is 248 g/mol. The molecule has 104 valence electrons. The first-order valence-corrected chi connectivity index (χ1v) is 6.91. The average Bonchev–Trinajstić information content (AvgIpc) is 2.43. The second-order valence-corrected chi connectivity index (χ2v) is 5.19. The maximum Gasteiger partial charge on any atom is 0.174 e. The molecule has 0 aliphatic heterocycles. The lowest BCUT2D eigenvalue weighted by molar-refractivity contribution is 0.361. The summed E-state index contributed by atoms with van der Waals surface area (Å²) in [5.41, 5.74) is 1.09. The van der Waals surface area contributed by atoms with Crippen molar-refractivity contribution in [3.63, 3.8) is 0 Å². The van der Waals surface area contributed by atoms with Crippen molar-refractivity contribution < 1.29 is 4.74 Å². The van der Waals surface area contributed by atoms with Crippen LogP contribution in [0.5, 0.6) is 5.75 Å². The summed E-state index contributed by atoms with van der Waals surface area (Å²) in [6.07, 6.45) is 0. The molecule has 0 spiro atoms. The zero-order chi connectivity index (χ0) is 14.5. The predicted molar refractivity (Wildman–Crippen MR) is 81.7 cm³/mol. The van der Waals surface area contributed by atoms with Gasteiger partial charge >= 0.3 is 0 Å². The van der Waals surface area contributed by atoms with Crippen LogP contribution in [-0.2, 0) is 0 Å². The first kappa shape index (κ1) is 14.4. The number of nitriles is 1. The molecule has 3 nitrogen and oxygen atoms in total. The molecule has 0 fully saturated rings. The normalized spacial score (nSPS) is 12.3. The minimum atomic E-state index is 0.0649. The number of benzene rings is 2. The van der Waals surface area contributed by atoms with E-state index in [0.29, 0.717) is 6.04 Å². The summed E-state index contributed by atoms with van der Waals surface area (Å²) in [4.78, 5) is 0. The van der Waals surface area contributed by atoms with Gasteiger partial charge in [-0.1, -0.05) is 50.2 Å². The van der Waals surface area contributed by atoms with Crippen LogP contribution in [0.25, 0.3) is 10.8 Å². The number of nitrogens with one attached hydrogen (secondary N) is 1. The smallest absolute Gasteiger partial charge is 0.174 e. The van der Waals surface area contributed by atoms with Gasteiger partial charge in [0.25, 0.3) is 0 Å². The van der Waals surface area contributed by atoms with Gasteiger partial charge in [0.2, 0.25) is 0 Å². The number of rotatable bonds is 5. The molecule has 0 saturated heterocycles. The van der Waals surface area contributed by atoms with E-state index < -0.39 is 0 Å². The zero-order valence-electron chi connectivity index (χ0n) is 12.2. The highest BCUT2D eigenvalue weighted by Crippen LogP contribution is 2.33. The molecule has 2 aromatic carbocycles. The highest BCUT2D eigenvalue weighted by molar-refractivity contribution is 5.89. The zero-order valence-corrected chi connectivity index (χ0v) is 12.2. The fourth-order valence-corrected chi connectivity index (χ4v) is 2.46. The third-order valence-corrected chi connectivity index (χ3v) is 3.24. The molecule has 0 aromatic heterocycles. The van der Waals surface area contributed by atoms with Crippen LogP contribution in [0.3, 0.4) is 0 Å². The van der Waals surface area contributed by atoms with Gasteiger partial charge in [-0.25, -0.2) is 0 Å². The number of ether oxygens (including phenoxy) is 1. The summed E-state index contributed by atoms with van der Waals surface area (Å²) in [6, 6.07) is 14.9. The van der Waals surface area contributed by atoms with Crippen LogP contribution < -0.4 is 10.1 Å². The van der Waals surface area contributed by atoms with Crippen LogP contribution in [0.4, 0.5) is 0 Å². The molecule has 1 N–H and O–H groups in total. The summed E-state index contributed by atoms with van der Waals surface area (Å²) in [5.74, 6) is 0.810. The minimum absolute atomic E-state index is 0.0649. The maximum atomic E-state index is 8.78. The van der Waals surface area contributed by atoms with Crippen LogP contribution in [-0.4, -0.2) is 12.6 Å². The summed E-state index contributed by atoms with van der Waals surface area (Å²) in [7, 11) is 0. The average molecular weight is 268 g/mol. The van der Waals surface area contributed by atoms with Crippen molar-refractivity contribution in [2.45, 2.75) is 32.9 Å². The Balaban J connectivity index is 2.50. The van der Waals surface area contributed by atoms with Gasteiger partial charge in [-0.05, 0) is 12.3 Å². The molecule has 0 amide bonds. The fourth-order valence-electron chi connectivity index (χ4n) is 2.46. The Morgan fingerprint density at radius 3 is 2.60 bits per heavy atom. The Morgan fingerprint density at radius 2 is 1.90 bits per heavy atom. The van der Waals surface area contributed by atoms with E-state index in [4.69, 9.17) is 10.00 Å². The lowest BCUT2D eigenvalue weighted by Crippen LogP contribution is -2.26. The van der Waals surface area contributed by atoms with Gasteiger partial charge in [-0.2, -0.15) is 5.26 Å². The van der Waals surface area contributed by atoms with E-state index in [-0.39, 0.29) is 12.6 Å². The topological polar surface area (TPSA) is 45.0 Å². The second-order valence-electron chi connectivity index (χ2n) is 5.19. The van der Waals surface area contributed by atoms with Gasteiger partial charge in [-0.15, -0.1) is 0 Å². The van der Waals surface area contributed by atoms with Crippen LogP contribution in [0, 0.1) is 11.3 Å². The standard InChI is InChI=1S/C17H20N2O/c1-12(2)19-13(3)15-9-8-14-6-4-5-7-16(14)17(15)20-11-10-18/h4-9,12-13,19H,11H2,1-3H3. The Hall–Kier alpha value is -2.05. The largest absolute Gasteiger partial charge is 0.478 e. The van der Waals surface area contributed by atoms with E-state index in [1.165, 1.54) is 0 Å². The molecule has 0 saturated carbocycles. The van der Waals surface area contributed by atoms with Crippen molar-refractivity contribution >= 4 is 10.8 Å². The summed E-state index contributed by atoms with van der Waals surface area (Å²) >= 11 is 0. The molecule has 2 rings (SSSR count). The monoisotopic (exact) mass is 268 g/mol. The molecule has 0 bridgehead atoms. The van der Waals surface area contributed by atoms with Crippen molar-refractivity contribution in [2.24, 2.45) is 0 Å². The summed E-state index contributed by atoms with van der Waals surface area (Å²) in [6.45, 7) is 6.42. The number of hydrogen-bond acceptors (Lipinski definition) is 3. The number of hydrogen-bond donors (Lipinski definition) is 1. The van der Waals surface area contributed by atoms with Crippen molar-refractivity contribution in [3.05, 3.63) is 42.0 Å².